The van der Waals surface area contributed by atoms with Crippen LogP contribution in [0.25, 0.3) is 66.4 Å². The molecule has 0 radical (unpaired) electrons. The number of hydrogen-bond donors (Lipinski definition) is 0. The Bertz CT molecular complexity index is 2620. The molecule has 9 aromatic carbocycles. The van der Waals surface area contributed by atoms with Gasteiger partial charge >= 0.3 is 0 Å². The molecule has 0 amide bonds. The Morgan fingerprint density at radius 3 is 1.02 bits per heavy atom. The molecule has 0 spiro atoms. The van der Waals surface area contributed by atoms with Gasteiger partial charge in [-0.1, -0.05) is 182 Å². The zero-order valence-electron chi connectivity index (χ0n) is 29.3. The predicted octanol–water partition coefficient (Wildman–Crippen LogP) is 14.6. The van der Waals surface area contributed by atoms with E-state index in [1.807, 2.05) is 0 Å². The van der Waals surface area contributed by atoms with E-state index in [-0.39, 0.29) is 0 Å². The van der Waals surface area contributed by atoms with Gasteiger partial charge in [0, 0.05) is 17.1 Å². The summed E-state index contributed by atoms with van der Waals surface area (Å²) >= 11 is 0. The van der Waals surface area contributed by atoms with Gasteiger partial charge < -0.3 is 4.90 Å². The lowest BCUT2D eigenvalue weighted by Gasteiger charge is -2.26. The molecule has 0 aliphatic rings. The fraction of sp³-hybridized carbons (Fsp3) is 0. The summed E-state index contributed by atoms with van der Waals surface area (Å²) in [6.07, 6.45) is 0. The number of fused-ring (bicyclic) bond motifs is 1. The maximum absolute atomic E-state index is 2.35. The van der Waals surface area contributed by atoms with Crippen LogP contribution in [-0.4, -0.2) is 0 Å². The van der Waals surface area contributed by atoms with Crippen LogP contribution in [0.4, 0.5) is 17.1 Å². The van der Waals surface area contributed by atoms with E-state index in [1.165, 1.54) is 66.4 Å². The van der Waals surface area contributed by atoms with Crippen LogP contribution in [0.5, 0.6) is 0 Å². The Balaban J connectivity index is 1.09. The predicted molar refractivity (Wildman–Crippen MR) is 226 cm³/mol. The maximum Gasteiger partial charge on any atom is 0.0462 e. The van der Waals surface area contributed by atoms with Crippen molar-refractivity contribution in [2.24, 2.45) is 0 Å². The molecule has 0 aliphatic carbocycles. The van der Waals surface area contributed by atoms with Crippen molar-refractivity contribution in [3.8, 4) is 55.6 Å². The van der Waals surface area contributed by atoms with Gasteiger partial charge in [0.2, 0.25) is 0 Å². The number of hydrogen-bond acceptors (Lipinski definition) is 1. The first-order valence-corrected chi connectivity index (χ1v) is 18.2. The minimum Gasteiger partial charge on any atom is -0.311 e. The molecule has 0 saturated carbocycles. The molecule has 250 valence electrons. The van der Waals surface area contributed by atoms with Gasteiger partial charge in [0.15, 0.2) is 0 Å². The van der Waals surface area contributed by atoms with Gasteiger partial charge in [-0.15, -0.1) is 0 Å². The molecule has 0 heterocycles. The van der Waals surface area contributed by atoms with Gasteiger partial charge in [-0.05, 0) is 109 Å². The van der Waals surface area contributed by atoms with Crippen LogP contribution in [0.15, 0.2) is 224 Å². The van der Waals surface area contributed by atoms with Crippen LogP contribution in [0, 0.1) is 0 Å². The first-order valence-electron chi connectivity index (χ1n) is 18.2. The van der Waals surface area contributed by atoms with E-state index >= 15 is 0 Å². The van der Waals surface area contributed by atoms with E-state index in [2.05, 4.69) is 229 Å². The van der Waals surface area contributed by atoms with Crippen molar-refractivity contribution in [2.45, 2.75) is 0 Å². The third-order valence-corrected chi connectivity index (χ3v) is 10.1. The molecule has 0 unspecified atom stereocenters. The van der Waals surface area contributed by atoms with Crippen molar-refractivity contribution >= 4 is 27.8 Å². The Kier molecular flexibility index (Phi) is 8.66. The molecule has 0 N–H and O–H groups in total. The lowest BCUT2D eigenvalue weighted by molar-refractivity contribution is 1.28. The van der Waals surface area contributed by atoms with Crippen LogP contribution < -0.4 is 4.90 Å². The molecule has 0 saturated heterocycles. The van der Waals surface area contributed by atoms with Crippen LogP contribution in [-0.2, 0) is 0 Å². The fourth-order valence-electron chi connectivity index (χ4n) is 7.41. The normalized spacial score (nSPS) is 11.0. The fourth-order valence-corrected chi connectivity index (χ4v) is 7.41. The second-order valence-electron chi connectivity index (χ2n) is 13.4. The first kappa shape index (κ1) is 32.0. The monoisotopic (exact) mass is 675 g/mol. The highest BCUT2D eigenvalue weighted by molar-refractivity contribution is 5.92. The molecule has 0 fully saturated rings. The lowest BCUT2D eigenvalue weighted by Crippen LogP contribution is -2.09. The summed E-state index contributed by atoms with van der Waals surface area (Å²) in [6.45, 7) is 0. The van der Waals surface area contributed by atoms with Crippen LogP contribution in [0.1, 0.15) is 0 Å². The second kappa shape index (κ2) is 14.3. The van der Waals surface area contributed by atoms with Crippen molar-refractivity contribution in [1.29, 1.82) is 0 Å². The molecule has 1 nitrogen and oxygen atoms in total. The summed E-state index contributed by atoms with van der Waals surface area (Å²) in [5, 5.41) is 2.50. The molecule has 1 heteroatoms. The highest BCUT2D eigenvalue weighted by Gasteiger charge is 2.16. The molecule has 53 heavy (non-hydrogen) atoms. The zero-order chi connectivity index (χ0) is 35.4. The van der Waals surface area contributed by atoms with Crippen molar-refractivity contribution in [2.75, 3.05) is 4.90 Å². The summed E-state index contributed by atoms with van der Waals surface area (Å²) < 4.78 is 0. The molecule has 9 rings (SSSR count). The summed E-state index contributed by atoms with van der Waals surface area (Å²) in [7, 11) is 0. The van der Waals surface area contributed by atoms with Crippen molar-refractivity contribution in [3.63, 3.8) is 0 Å². The number of benzene rings is 9. The number of anilines is 3. The van der Waals surface area contributed by atoms with Crippen molar-refractivity contribution < 1.29 is 0 Å². The Morgan fingerprint density at radius 2 is 0.528 bits per heavy atom. The molecular weight excluding hydrogens is 639 g/mol. The smallest absolute Gasteiger partial charge is 0.0462 e. The van der Waals surface area contributed by atoms with E-state index in [0.717, 1.165) is 17.1 Å². The van der Waals surface area contributed by atoms with Crippen LogP contribution in [0.2, 0.25) is 0 Å². The highest BCUT2D eigenvalue weighted by Crippen LogP contribution is 2.40. The van der Waals surface area contributed by atoms with Crippen LogP contribution >= 0.6 is 0 Å². The minimum atomic E-state index is 1.10. The second-order valence-corrected chi connectivity index (χ2v) is 13.4. The van der Waals surface area contributed by atoms with Gasteiger partial charge in [-0.2, -0.15) is 0 Å². The lowest BCUT2D eigenvalue weighted by atomic mass is 9.93. The molecular formula is C52H37N. The van der Waals surface area contributed by atoms with E-state index in [9.17, 15) is 0 Å². The largest absolute Gasteiger partial charge is 0.311 e. The molecule has 9 aromatic rings. The Morgan fingerprint density at radius 1 is 0.208 bits per heavy atom. The third kappa shape index (κ3) is 6.53. The topological polar surface area (TPSA) is 3.24 Å². The first-order chi connectivity index (χ1) is 26.3. The van der Waals surface area contributed by atoms with Crippen molar-refractivity contribution in [3.05, 3.63) is 224 Å². The highest BCUT2D eigenvalue weighted by atomic mass is 15.1. The molecule has 0 bridgehead atoms. The van der Waals surface area contributed by atoms with Gasteiger partial charge in [0.05, 0.1) is 0 Å². The Labute approximate surface area is 311 Å². The summed E-state index contributed by atoms with van der Waals surface area (Å²) in [4.78, 5) is 2.35. The van der Waals surface area contributed by atoms with E-state index in [0.29, 0.717) is 0 Å². The van der Waals surface area contributed by atoms with Crippen molar-refractivity contribution in [1.82, 2.24) is 0 Å². The van der Waals surface area contributed by atoms with Gasteiger partial charge in [-0.25, -0.2) is 0 Å². The summed E-state index contributed by atoms with van der Waals surface area (Å²) in [5.74, 6) is 0. The quantitative estimate of drug-likeness (QED) is 0.155. The van der Waals surface area contributed by atoms with Gasteiger partial charge in [0.25, 0.3) is 0 Å². The molecule has 0 aliphatic heterocycles. The molecule has 0 aromatic heterocycles. The average molecular weight is 676 g/mol. The Hall–Kier alpha value is -6.96. The standard InChI is InChI=1S/C52H37N/c1-3-13-38(14-4-1)40-25-31-46(32-26-40)53(47-33-27-42(28-34-47)50-20-10-9-19-49(50)41-16-5-2-6-17-41)48-35-29-43(30-36-48)51-21-11-12-22-52(51)45-24-23-39-15-7-8-18-44(39)37-45/h1-37H. The number of rotatable bonds is 8. The van der Waals surface area contributed by atoms with Gasteiger partial charge in [-0.3, -0.25) is 0 Å². The third-order valence-electron chi connectivity index (χ3n) is 10.1. The zero-order valence-corrected chi connectivity index (χ0v) is 29.3. The summed E-state index contributed by atoms with van der Waals surface area (Å²) in [5.41, 5.74) is 15.4. The van der Waals surface area contributed by atoms with E-state index in [1.54, 1.807) is 0 Å². The van der Waals surface area contributed by atoms with Crippen LogP contribution in [0.3, 0.4) is 0 Å². The average Bonchev–Trinajstić information content (AvgIpc) is 3.25. The van der Waals surface area contributed by atoms with E-state index < -0.39 is 0 Å². The minimum absolute atomic E-state index is 1.10. The maximum atomic E-state index is 2.35. The van der Waals surface area contributed by atoms with Gasteiger partial charge in [0.1, 0.15) is 0 Å². The summed E-state index contributed by atoms with van der Waals surface area (Å²) in [6, 6.07) is 80.7. The van der Waals surface area contributed by atoms with E-state index in [4.69, 9.17) is 0 Å². The molecule has 0 atom stereocenters. The SMILES string of the molecule is c1ccc(-c2ccc(N(c3ccc(-c4ccccc4-c4ccccc4)cc3)c3ccc(-c4ccccc4-c4ccc5ccccc5c4)cc3)cc2)cc1. The number of nitrogens with zero attached hydrogens (tertiary/aromatic N) is 1.